The quantitative estimate of drug-likeness (QED) is 0.487. The summed E-state index contributed by atoms with van der Waals surface area (Å²) in [4.78, 5) is 18.5. The zero-order valence-electron chi connectivity index (χ0n) is 11.7. The van der Waals surface area contributed by atoms with Gasteiger partial charge in [-0.2, -0.15) is 11.8 Å². The minimum absolute atomic E-state index is 0.0196. The van der Waals surface area contributed by atoms with E-state index in [2.05, 4.69) is 20.6 Å². The van der Waals surface area contributed by atoms with Gasteiger partial charge >= 0.3 is 5.69 Å². The summed E-state index contributed by atoms with van der Waals surface area (Å²) in [6, 6.07) is -0.168. The number of aromatic nitrogens is 2. The Hall–Kier alpha value is -1.61. The number of aliphatic hydroxyl groups excluding tert-OH is 1. The van der Waals surface area contributed by atoms with Gasteiger partial charge in [0.1, 0.15) is 6.33 Å². The van der Waals surface area contributed by atoms with Gasteiger partial charge in [-0.15, -0.1) is 0 Å². The molecular formula is C11H19N5O3S. The molecule has 0 bridgehead atoms. The van der Waals surface area contributed by atoms with Gasteiger partial charge < -0.3 is 15.7 Å². The monoisotopic (exact) mass is 301 g/mol. The SMILES string of the molecule is CCNc1ncnc(NC(C)C(CO)SC)c1[N+](=O)[O-]. The van der Waals surface area contributed by atoms with Crippen LogP contribution in [0.1, 0.15) is 13.8 Å². The molecule has 20 heavy (non-hydrogen) atoms. The highest BCUT2D eigenvalue weighted by Gasteiger charge is 2.25. The predicted octanol–water partition coefficient (Wildman–Crippen LogP) is 1.34. The van der Waals surface area contributed by atoms with Gasteiger partial charge in [0.2, 0.25) is 11.6 Å². The maximum Gasteiger partial charge on any atom is 0.353 e. The molecule has 1 aromatic heterocycles. The molecule has 0 aliphatic carbocycles. The molecule has 0 spiro atoms. The maximum absolute atomic E-state index is 11.2. The van der Waals surface area contributed by atoms with Gasteiger partial charge in [0, 0.05) is 17.8 Å². The normalized spacial score (nSPS) is 13.6. The molecule has 112 valence electrons. The topological polar surface area (TPSA) is 113 Å². The number of nitrogens with zero attached hydrogens (tertiary/aromatic N) is 3. The van der Waals surface area contributed by atoms with E-state index in [9.17, 15) is 15.2 Å². The molecule has 0 saturated heterocycles. The van der Waals surface area contributed by atoms with Crippen LogP contribution in [0.3, 0.4) is 0 Å². The Morgan fingerprint density at radius 2 is 2.15 bits per heavy atom. The van der Waals surface area contributed by atoms with Crippen LogP contribution in [0, 0.1) is 10.1 Å². The lowest BCUT2D eigenvalue weighted by Crippen LogP contribution is -2.31. The molecule has 0 radical (unpaired) electrons. The average Bonchev–Trinajstić information content (AvgIpc) is 2.40. The third-order valence-corrected chi connectivity index (χ3v) is 3.92. The highest BCUT2D eigenvalue weighted by molar-refractivity contribution is 7.99. The van der Waals surface area contributed by atoms with Gasteiger partial charge in [-0.3, -0.25) is 10.1 Å². The van der Waals surface area contributed by atoms with E-state index in [-0.39, 0.29) is 35.2 Å². The number of aliphatic hydroxyl groups is 1. The minimum Gasteiger partial charge on any atom is -0.395 e. The third kappa shape index (κ3) is 3.94. The lowest BCUT2D eigenvalue weighted by atomic mass is 10.2. The zero-order valence-corrected chi connectivity index (χ0v) is 12.5. The summed E-state index contributed by atoms with van der Waals surface area (Å²) in [6.07, 6.45) is 3.14. The van der Waals surface area contributed by atoms with Crippen molar-refractivity contribution in [2.75, 3.05) is 30.0 Å². The first-order valence-electron chi connectivity index (χ1n) is 6.18. The number of anilines is 2. The highest BCUT2D eigenvalue weighted by Crippen LogP contribution is 2.30. The van der Waals surface area contributed by atoms with Gasteiger partial charge in [0.05, 0.1) is 11.5 Å². The van der Waals surface area contributed by atoms with Crippen LogP contribution in [0.25, 0.3) is 0 Å². The molecule has 2 atom stereocenters. The number of nitro groups is 1. The van der Waals surface area contributed by atoms with Gasteiger partial charge in [0.15, 0.2) is 0 Å². The van der Waals surface area contributed by atoms with Crippen molar-refractivity contribution < 1.29 is 10.0 Å². The number of nitrogens with one attached hydrogen (secondary N) is 2. The largest absolute Gasteiger partial charge is 0.395 e. The summed E-state index contributed by atoms with van der Waals surface area (Å²) in [6.45, 7) is 4.18. The van der Waals surface area contributed by atoms with Crippen molar-refractivity contribution in [2.24, 2.45) is 0 Å². The molecule has 1 heterocycles. The fourth-order valence-electron chi connectivity index (χ4n) is 1.70. The van der Waals surface area contributed by atoms with Gasteiger partial charge in [-0.1, -0.05) is 0 Å². The molecular weight excluding hydrogens is 282 g/mol. The van der Waals surface area contributed by atoms with E-state index < -0.39 is 4.92 Å². The Balaban J connectivity index is 3.05. The lowest BCUT2D eigenvalue weighted by Gasteiger charge is -2.21. The molecule has 0 fully saturated rings. The Morgan fingerprint density at radius 1 is 1.50 bits per heavy atom. The van der Waals surface area contributed by atoms with E-state index in [1.807, 2.05) is 20.1 Å². The molecule has 0 aromatic carbocycles. The molecule has 2 unspecified atom stereocenters. The lowest BCUT2D eigenvalue weighted by molar-refractivity contribution is -0.383. The van der Waals surface area contributed by atoms with Crippen molar-refractivity contribution in [1.29, 1.82) is 0 Å². The van der Waals surface area contributed by atoms with Gasteiger partial charge in [0.25, 0.3) is 0 Å². The molecule has 1 rings (SSSR count). The van der Waals surface area contributed by atoms with Crippen LogP contribution in [0.15, 0.2) is 6.33 Å². The molecule has 3 N–H and O–H groups in total. The summed E-state index contributed by atoms with van der Waals surface area (Å²) >= 11 is 1.48. The third-order valence-electron chi connectivity index (χ3n) is 2.75. The summed E-state index contributed by atoms with van der Waals surface area (Å²) in [5, 5.41) is 26.2. The number of hydrogen-bond donors (Lipinski definition) is 3. The second kappa shape index (κ2) is 7.85. The molecule has 8 nitrogen and oxygen atoms in total. The van der Waals surface area contributed by atoms with E-state index in [0.717, 1.165) is 0 Å². The van der Waals surface area contributed by atoms with Gasteiger partial charge in [-0.05, 0) is 20.1 Å². The second-order valence-corrected chi connectivity index (χ2v) is 5.17. The minimum atomic E-state index is -0.514. The van der Waals surface area contributed by atoms with Crippen molar-refractivity contribution in [3.63, 3.8) is 0 Å². The molecule has 0 amide bonds. The Labute approximate surface area is 121 Å². The second-order valence-electron chi connectivity index (χ2n) is 4.10. The number of hydrogen-bond acceptors (Lipinski definition) is 8. The van der Waals surface area contributed by atoms with Crippen LogP contribution in [0.5, 0.6) is 0 Å². The average molecular weight is 301 g/mol. The van der Waals surface area contributed by atoms with Crippen molar-refractivity contribution in [3.05, 3.63) is 16.4 Å². The van der Waals surface area contributed by atoms with Crippen LogP contribution in [0.2, 0.25) is 0 Å². The van der Waals surface area contributed by atoms with E-state index in [1.165, 1.54) is 18.1 Å². The van der Waals surface area contributed by atoms with Crippen LogP contribution in [0.4, 0.5) is 17.3 Å². The van der Waals surface area contributed by atoms with Crippen molar-refractivity contribution in [1.82, 2.24) is 9.97 Å². The number of rotatable bonds is 8. The molecule has 0 aliphatic rings. The summed E-state index contributed by atoms with van der Waals surface area (Å²) in [5.41, 5.74) is -0.181. The predicted molar refractivity (Wildman–Crippen MR) is 80.3 cm³/mol. The highest BCUT2D eigenvalue weighted by atomic mass is 32.2. The van der Waals surface area contributed by atoms with E-state index in [0.29, 0.717) is 6.54 Å². The fraction of sp³-hybridized carbons (Fsp3) is 0.636. The summed E-state index contributed by atoms with van der Waals surface area (Å²) < 4.78 is 0. The van der Waals surface area contributed by atoms with Crippen molar-refractivity contribution >= 4 is 29.1 Å². The Bertz CT molecular complexity index is 456. The van der Waals surface area contributed by atoms with E-state index in [4.69, 9.17) is 0 Å². The first-order valence-corrected chi connectivity index (χ1v) is 7.47. The van der Waals surface area contributed by atoms with E-state index >= 15 is 0 Å². The summed E-state index contributed by atoms with van der Waals surface area (Å²) in [7, 11) is 0. The van der Waals surface area contributed by atoms with Crippen LogP contribution < -0.4 is 10.6 Å². The smallest absolute Gasteiger partial charge is 0.353 e. The first-order chi connectivity index (χ1) is 9.54. The summed E-state index contributed by atoms with van der Waals surface area (Å²) in [5.74, 6) is 0.341. The van der Waals surface area contributed by atoms with Crippen LogP contribution in [-0.2, 0) is 0 Å². The van der Waals surface area contributed by atoms with Crippen LogP contribution in [-0.4, -0.2) is 50.7 Å². The van der Waals surface area contributed by atoms with Gasteiger partial charge in [-0.25, -0.2) is 9.97 Å². The number of thioether (sulfide) groups is 1. The molecule has 9 heteroatoms. The maximum atomic E-state index is 11.2. The van der Waals surface area contributed by atoms with Crippen molar-refractivity contribution in [3.8, 4) is 0 Å². The zero-order chi connectivity index (χ0) is 15.1. The Morgan fingerprint density at radius 3 is 2.65 bits per heavy atom. The van der Waals surface area contributed by atoms with Crippen LogP contribution >= 0.6 is 11.8 Å². The first kappa shape index (κ1) is 16.4. The molecule has 0 aliphatic heterocycles. The van der Waals surface area contributed by atoms with Crippen molar-refractivity contribution in [2.45, 2.75) is 25.1 Å². The molecule has 1 aromatic rings. The standard InChI is InChI=1S/C11H19N5O3S/c1-4-12-10-9(16(18)19)11(14-6-13-10)15-7(2)8(5-17)20-3/h6-8,17H,4-5H2,1-3H3,(H2,12,13,14,15). The fourth-order valence-corrected chi connectivity index (χ4v) is 2.32. The van der Waals surface area contributed by atoms with E-state index in [1.54, 1.807) is 0 Å². The molecule has 0 saturated carbocycles. The Kier molecular flexibility index (Phi) is 6.46.